The van der Waals surface area contributed by atoms with Crippen molar-refractivity contribution in [3.8, 4) is 10.6 Å². The van der Waals surface area contributed by atoms with E-state index >= 15 is 0 Å². The van der Waals surface area contributed by atoms with E-state index in [0.717, 1.165) is 22.3 Å². The lowest BCUT2D eigenvalue weighted by atomic mass is 10.1. The normalized spacial score (nSPS) is 11.4. The number of hydrogen-bond acceptors (Lipinski definition) is 3. The average Bonchev–Trinajstić information content (AvgIpc) is 3.10. The maximum absolute atomic E-state index is 13.3. The van der Waals surface area contributed by atoms with E-state index in [1.54, 1.807) is 0 Å². The number of carbonyl (C=O) groups excluding carboxylic acids is 1. The Labute approximate surface area is 156 Å². The van der Waals surface area contributed by atoms with E-state index in [9.17, 15) is 22.4 Å². The third-order valence-corrected chi connectivity index (χ3v) is 4.71. The zero-order valence-corrected chi connectivity index (χ0v) is 14.7. The van der Waals surface area contributed by atoms with Crippen LogP contribution >= 0.6 is 11.3 Å². The van der Waals surface area contributed by atoms with Gasteiger partial charge in [0.2, 0.25) is 0 Å². The second kappa shape index (κ2) is 7.87. The van der Waals surface area contributed by atoms with Gasteiger partial charge in [0, 0.05) is 29.5 Å². The summed E-state index contributed by atoms with van der Waals surface area (Å²) >= 11 is 1.47. The highest BCUT2D eigenvalue weighted by atomic mass is 32.1. The van der Waals surface area contributed by atoms with Gasteiger partial charge in [0.1, 0.15) is 10.8 Å². The van der Waals surface area contributed by atoms with Crippen molar-refractivity contribution in [2.75, 3.05) is 6.54 Å². The summed E-state index contributed by atoms with van der Waals surface area (Å²) in [6, 6.07) is 11.8. The molecule has 1 N–H and O–H groups in total. The van der Waals surface area contributed by atoms with Crippen LogP contribution in [-0.4, -0.2) is 17.4 Å². The lowest BCUT2D eigenvalue weighted by molar-refractivity contribution is -0.140. The number of amides is 1. The fraction of sp³-hybridized carbons (Fsp3) is 0.158. The molecule has 0 spiro atoms. The van der Waals surface area contributed by atoms with E-state index in [1.807, 2.05) is 35.7 Å². The molecule has 1 aromatic heterocycles. The topological polar surface area (TPSA) is 42.0 Å². The summed E-state index contributed by atoms with van der Waals surface area (Å²) in [7, 11) is 0. The first-order valence-electron chi connectivity index (χ1n) is 7.99. The molecule has 3 nitrogen and oxygen atoms in total. The molecule has 1 amide bonds. The number of benzene rings is 2. The van der Waals surface area contributed by atoms with Crippen LogP contribution in [0.5, 0.6) is 0 Å². The summed E-state index contributed by atoms with van der Waals surface area (Å²) in [6.07, 6.45) is -4.42. The van der Waals surface area contributed by atoms with Crippen LogP contribution in [0.1, 0.15) is 21.6 Å². The van der Waals surface area contributed by atoms with Crippen molar-refractivity contribution < 1.29 is 22.4 Å². The lowest BCUT2D eigenvalue weighted by Crippen LogP contribution is -2.26. The number of thiazole rings is 1. The van der Waals surface area contributed by atoms with Crippen LogP contribution in [0.25, 0.3) is 10.6 Å². The Balaban J connectivity index is 1.60. The van der Waals surface area contributed by atoms with Crippen LogP contribution in [0.15, 0.2) is 53.9 Å². The molecule has 0 fully saturated rings. The number of nitrogens with one attached hydrogen (secondary N) is 1. The highest BCUT2D eigenvalue weighted by Crippen LogP contribution is 2.31. The molecule has 0 aliphatic rings. The molecule has 0 unspecified atom stereocenters. The molecule has 0 aliphatic heterocycles. The zero-order chi connectivity index (χ0) is 19.4. The molecule has 0 saturated heterocycles. The van der Waals surface area contributed by atoms with Crippen LogP contribution in [0, 0.1) is 5.82 Å². The molecule has 0 aliphatic carbocycles. The van der Waals surface area contributed by atoms with Gasteiger partial charge in [0.25, 0.3) is 5.91 Å². The standard InChI is InChI=1S/C19H14F4N2OS/c20-16-7-6-13(10-15(16)19(21,22)23)17(26)24-9-8-14-11-27-18(25-14)12-4-2-1-3-5-12/h1-7,10-11H,8-9H2,(H,24,26). The first-order chi connectivity index (χ1) is 12.8. The smallest absolute Gasteiger partial charge is 0.352 e. The van der Waals surface area contributed by atoms with Crippen LogP contribution in [0.4, 0.5) is 17.6 Å². The van der Waals surface area contributed by atoms with Crippen molar-refractivity contribution in [2.45, 2.75) is 12.6 Å². The molecule has 1 heterocycles. The molecular formula is C19H14F4N2OS. The van der Waals surface area contributed by atoms with Gasteiger partial charge in [0.05, 0.1) is 11.3 Å². The minimum atomic E-state index is -4.85. The van der Waals surface area contributed by atoms with Crippen molar-refractivity contribution in [3.05, 3.63) is 76.5 Å². The molecular weight excluding hydrogens is 380 g/mol. The molecule has 0 radical (unpaired) electrons. The van der Waals surface area contributed by atoms with Gasteiger partial charge in [-0.15, -0.1) is 11.3 Å². The Hall–Kier alpha value is -2.74. The molecule has 8 heteroatoms. The maximum Gasteiger partial charge on any atom is 0.419 e. The van der Waals surface area contributed by atoms with E-state index in [2.05, 4.69) is 10.3 Å². The van der Waals surface area contributed by atoms with Crippen molar-refractivity contribution in [1.29, 1.82) is 0 Å². The van der Waals surface area contributed by atoms with Gasteiger partial charge in [0.15, 0.2) is 0 Å². The van der Waals surface area contributed by atoms with Crippen molar-refractivity contribution in [3.63, 3.8) is 0 Å². The van der Waals surface area contributed by atoms with Crippen molar-refractivity contribution >= 4 is 17.2 Å². The highest BCUT2D eigenvalue weighted by molar-refractivity contribution is 7.13. The molecule has 0 saturated carbocycles. The molecule has 140 valence electrons. The molecule has 27 heavy (non-hydrogen) atoms. The van der Waals surface area contributed by atoms with Gasteiger partial charge in [-0.25, -0.2) is 9.37 Å². The Bertz CT molecular complexity index is 938. The third kappa shape index (κ3) is 4.71. The zero-order valence-electron chi connectivity index (χ0n) is 13.9. The van der Waals surface area contributed by atoms with E-state index in [4.69, 9.17) is 0 Å². The molecule has 0 atom stereocenters. The lowest BCUT2D eigenvalue weighted by Gasteiger charge is -2.10. The third-order valence-electron chi connectivity index (χ3n) is 3.77. The van der Waals surface area contributed by atoms with Crippen LogP contribution in [-0.2, 0) is 12.6 Å². The average molecular weight is 394 g/mol. The second-order valence-electron chi connectivity index (χ2n) is 5.71. The van der Waals surface area contributed by atoms with Crippen LogP contribution < -0.4 is 5.32 Å². The Kier molecular flexibility index (Phi) is 5.55. The first-order valence-corrected chi connectivity index (χ1v) is 8.87. The second-order valence-corrected chi connectivity index (χ2v) is 6.57. The molecule has 3 aromatic rings. The maximum atomic E-state index is 13.3. The van der Waals surface area contributed by atoms with Gasteiger partial charge < -0.3 is 5.32 Å². The number of aromatic nitrogens is 1. The van der Waals surface area contributed by atoms with E-state index < -0.39 is 23.5 Å². The van der Waals surface area contributed by atoms with E-state index in [0.29, 0.717) is 18.6 Å². The summed E-state index contributed by atoms with van der Waals surface area (Å²) in [4.78, 5) is 16.5. The van der Waals surface area contributed by atoms with Crippen molar-refractivity contribution in [2.24, 2.45) is 0 Å². The predicted molar refractivity (Wildman–Crippen MR) is 95.0 cm³/mol. The van der Waals surface area contributed by atoms with Crippen LogP contribution in [0.3, 0.4) is 0 Å². The number of rotatable bonds is 5. The minimum Gasteiger partial charge on any atom is -0.352 e. The summed E-state index contributed by atoms with van der Waals surface area (Å²) in [5, 5.41) is 5.25. The summed E-state index contributed by atoms with van der Waals surface area (Å²) in [5.41, 5.74) is 0.0622. The number of halogens is 4. The summed E-state index contributed by atoms with van der Waals surface area (Å²) in [5.74, 6) is -2.10. The summed E-state index contributed by atoms with van der Waals surface area (Å²) < 4.78 is 51.5. The Morgan fingerprint density at radius 1 is 1.11 bits per heavy atom. The number of nitrogens with zero attached hydrogens (tertiary/aromatic N) is 1. The fourth-order valence-electron chi connectivity index (χ4n) is 2.43. The molecule has 0 bridgehead atoms. The highest BCUT2D eigenvalue weighted by Gasteiger charge is 2.34. The number of carbonyl (C=O) groups is 1. The van der Waals surface area contributed by atoms with Gasteiger partial charge in [-0.1, -0.05) is 30.3 Å². The minimum absolute atomic E-state index is 0.204. The van der Waals surface area contributed by atoms with Crippen LogP contribution in [0.2, 0.25) is 0 Å². The SMILES string of the molecule is O=C(NCCc1csc(-c2ccccc2)n1)c1ccc(F)c(C(F)(F)F)c1. The largest absolute Gasteiger partial charge is 0.419 e. The number of hydrogen-bond donors (Lipinski definition) is 1. The van der Waals surface area contributed by atoms with Gasteiger partial charge in [-0.2, -0.15) is 13.2 Å². The van der Waals surface area contributed by atoms with Gasteiger partial charge >= 0.3 is 6.18 Å². The number of alkyl halides is 3. The van der Waals surface area contributed by atoms with Gasteiger partial charge in [-0.3, -0.25) is 4.79 Å². The molecule has 3 rings (SSSR count). The monoisotopic (exact) mass is 394 g/mol. The Morgan fingerprint density at radius 3 is 2.56 bits per heavy atom. The van der Waals surface area contributed by atoms with E-state index in [1.165, 1.54) is 11.3 Å². The fourth-order valence-corrected chi connectivity index (χ4v) is 3.29. The van der Waals surface area contributed by atoms with E-state index in [-0.39, 0.29) is 12.1 Å². The van der Waals surface area contributed by atoms with Crippen molar-refractivity contribution in [1.82, 2.24) is 10.3 Å². The Morgan fingerprint density at radius 2 is 1.85 bits per heavy atom. The predicted octanol–water partition coefficient (Wildman–Crippen LogP) is 4.94. The van der Waals surface area contributed by atoms with Gasteiger partial charge in [-0.05, 0) is 18.2 Å². The summed E-state index contributed by atoms with van der Waals surface area (Å²) in [6.45, 7) is 0.204. The quantitative estimate of drug-likeness (QED) is 0.623. The molecule has 2 aromatic carbocycles. The first kappa shape index (κ1) is 19.0.